The Balaban J connectivity index is 1.77. The molecule has 1 aromatic carbocycles. The molecule has 2 rings (SSSR count). The molecule has 1 heterocycles. The van der Waals surface area contributed by atoms with Crippen LogP contribution in [0.2, 0.25) is 0 Å². The lowest BCUT2D eigenvalue weighted by Crippen LogP contribution is -2.35. The molecule has 4 heteroatoms. The first-order valence-corrected chi connectivity index (χ1v) is 6.82. The first-order valence-electron chi connectivity index (χ1n) is 6.82. The molecule has 3 nitrogen and oxygen atoms in total. The molecular formula is C15H20FNO2. The average Bonchev–Trinajstić information content (AvgIpc) is 2.40. The first-order chi connectivity index (χ1) is 9.15. The van der Waals surface area contributed by atoms with Gasteiger partial charge in [-0.3, -0.25) is 4.79 Å². The van der Waals surface area contributed by atoms with Crippen LogP contribution in [0, 0.1) is 11.7 Å². The van der Waals surface area contributed by atoms with E-state index in [4.69, 9.17) is 5.11 Å². The van der Waals surface area contributed by atoms with Crippen LogP contribution in [0.3, 0.4) is 0 Å². The molecule has 0 radical (unpaired) electrons. The maximum atomic E-state index is 13.6. The van der Waals surface area contributed by atoms with Crippen molar-refractivity contribution in [1.29, 1.82) is 0 Å². The standard InChI is InChI=1S/C15H20FNO2/c16-14-4-2-1-3-13(14)11-12-5-8-17(9-6-12)10-7-15(18)19/h1-4,12H,5-11H2,(H,18,19). The molecule has 1 N–H and O–H groups in total. The maximum absolute atomic E-state index is 13.6. The summed E-state index contributed by atoms with van der Waals surface area (Å²) in [5.41, 5.74) is 0.798. The summed E-state index contributed by atoms with van der Waals surface area (Å²) < 4.78 is 13.6. The Labute approximate surface area is 113 Å². The molecule has 0 unspecified atom stereocenters. The number of likely N-dealkylation sites (tertiary alicyclic amines) is 1. The molecule has 104 valence electrons. The lowest BCUT2D eigenvalue weighted by atomic mass is 9.90. The highest BCUT2D eigenvalue weighted by Gasteiger charge is 2.20. The Hall–Kier alpha value is -1.42. The van der Waals surface area contributed by atoms with E-state index in [-0.39, 0.29) is 12.2 Å². The second kappa shape index (κ2) is 6.66. The van der Waals surface area contributed by atoms with Crippen LogP contribution in [0.4, 0.5) is 4.39 Å². The summed E-state index contributed by atoms with van der Waals surface area (Å²) in [4.78, 5) is 12.7. The molecule has 1 aliphatic rings. The van der Waals surface area contributed by atoms with Gasteiger partial charge in [0, 0.05) is 6.54 Å². The summed E-state index contributed by atoms with van der Waals surface area (Å²) in [5, 5.41) is 8.65. The minimum Gasteiger partial charge on any atom is -0.481 e. The predicted octanol–water partition coefficient (Wildman–Crippen LogP) is 2.55. The van der Waals surface area contributed by atoms with Gasteiger partial charge in [-0.2, -0.15) is 0 Å². The fourth-order valence-corrected chi connectivity index (χ4v) is 2.64. The van der Waals surface area contributed by atoms with E-state index in [0.29, 0.717) is 12.5 Å². The second-order valence-electron chi connectivity index (χ2n) is 5.22. The molecular weight excluding hydrogens is 245 g/mol. The molecule has 0 atom stereocenters. The van der Waals surface area contributed by atoms with Gasteiger partial charge in [0.15, 0.2) is 0 Å². The van der Waals surface area contributed by atoms with Gasteiger partial charge in [0.05, 0.1) is 6.42 Å². The van der Waals surface area contributed by atoms with Gasteiger partial charge in [-0.25, -0.2) is 4.39 Å². The van der Waals surface area contributed by atoms with Crippen LogP contribution in [0.1, 0.15) is 24.8 Å². The van der Waals surface area contributed by atoms with Crippen molar-refractivity contribution in [3.05, 3.63) is 35.6 Å². The Morgan fingerprint density at radius 1 is 1.32 bits per heavy atom. The molecule has 1 aromatic rings. The number of piperidine rings is 1. The smallest absolute Gasteiger partial charge is 0.304 e. The van der Waals surface area contributed by atoms with Gasteiger partial charge >= 0.3 is 5.97 Å². The Kier molecular flexibility index (Phi) is 4.91. The van der Waals surface area contributed by atoms with Crippen molar-refractivity contribution in [2.24, 2.45) is 5.92 Å². The van der Waals surface area contributed by atoms with Gasteiger partial charge in [-0.05, 0) is 49.9 Å². The minimum absolute atomic E-state index is 0.115. The van der Waals surface area contributed by atoms with Gasteiger partial charge in [0.2, 0.25) is 0 Å². The van der Waals surface area contributed by atoms with E-state index in [0.717, 1.165) is 37.9 Å². The van der Waals surface area contributed by atoms with E-state index in [1.165, 1.54) is 6.07 Å². The third-order valence-electron chi connectivity index (χ3n) is 3.82. The second-order valence-corrected chi connectivity index (χ2v) is 5.22. The average molecular weight is 265 g/mol. The summed E-state index contributed by atoms with van der Waals surface area (Å²) in [5.74, 6) is -0.345. The first kappa shape index (κ1) is 14.0. The van der Waals surface area contributed by atoms with Gasteiger partial charge in [0.25, 0.3) is 0 Å². The van der Waals surface area contributed by atoms with Crippen LogP contribution in [0.15, 0.2) is 24.3 Å². The van der Waals surface area contributed by atoms with Gasteiger partial charge in [-0.1, -0.05) is 18.2 Å². The zero-order valence-electron chi connectivity index (χ0n) is 11.0. The van der Waals surface area contributed by atoms with Crippen molar-refractivity contribution in [1.82, 2.24) is 4.90 Å². The Morgan fingerprint density at radius 2 is 2.00 bits per heavy atom. The summed E-state index contributed by atoms with van der Waals surface area (Å²) in [6.45, 7) is 2.47. The molecule has 0 aliphatic carbocycles. The van der Waals surface area contributed by atoms with Gasteiger partial charge < -0.3 is 10.0 Å². The van der Waals surface area contributed by atoms with Crippen LogP contribution >= 0.6 is 0 Å². The highest BCUT2D eigenvalue weighted by molar-refractivity contribution is 5.66. The van der Waals surface area contributed by atoms with Crippen LogP contribution in [0.5, 0.6) is 0 Å². The zero-order chi connectivity index (χ0) is 13.7. The van der Waals surface area contributed by atoms with E-state index in [2.05, 4.69) is 4.90 Å². The number of hydrogen-bond donors (Lipinski definition) is 1. The Bertz CT molecular complexity index is 428. The number of hydrogen-bond acceptors (Lipinski definition) is 2. The van der Waals surface area contributed by atoms with E-state index in [1.54, 1.807) is 6.07 Å². The SMILES string of the molecule is O=C(O)CCN1CCC(Cc2ccccc2F)CC1. The number of aliphatic carboxylic acids is 1. The minimum atomic E-state index is -0.742. The Morgan fingerprint density at radius 3 is 2.63 bits per heavy atom. The van der Waals surface area contributed by atoms with Crippen molar-refractivity contribution in [2.45, 2.75) is 25.7 Å². The summed E-state index contributed by atoms with van der Waals surface area (Å²) in [7, 11) is 0. The molecule has 0 spiro atoms. The third kappa shape index (κ3) is 4.31. The molecule has 1 aliphatic heterocycles. The van der Waals surface area contributed by atoms with Crippen molar-refractivity contribution in [2.75, 3.05) is 19.6 Å². The predicted molar refractivity (Wildman–Crippen MR) is 71.5 cm³/mol. The summed E-state index contributed by atoms with van der Waals surface area (Å²) in [6, 6.07) is 6.96. The van der Waals surface area contributed by atoms with E-state index in [1.807, 2.05) is 12.1 Å². The summed E-state index contributed by atoms with van der Waals surface area (Å²) >= 11 is 0. The lowest BCUT2D eigenvalue weighted by Gasteiger charge is -2.31. The van der Waals surface area contributed by atoms with Crippen LogP contribution in [-0.4, -0.2) is 35.6 Å². The van der Waals surface area contributed by atoms with Crippen molar-refractivity contribution in [3.63, 3.8) is 0 Å². The lowest BCUT2D eigenvalue weighted by molar-refractivity contribution is -0.137. The quantitative estimate of drug-likeness (QED) is 0.889. The highest BCUT2D eigenvalue weighted by Crippen LogP contribution is 2.22. The topological polar surface area (TPSA) is 40.5 Å². The fourth-order valence-electron chi connectivity index (χ4n) is 2.64. The molecule has 19 heavy (non-hydrogen) atoms. The maximum Gasteiger partial charge on any atom is 0.304 e. The largest absolute Gasteiger partial charge is 0.481 e. The number of nitrogens with zero attached hydrogens (tertiary/aromatic N) is 1. The molecule has 0 amide bonds. The molecule has 0 bridgehead atoms. The highest BCUT2D eigenvalue weighted by atomic mass is 19.1. The molecule has 0 aromatic heterocycles. The normalized spacial score (nSPS) is 17.5. The van der Waals surface area contributed by atoms with E-state index < -0.39 is 5.97 Å². The number of halogens is 1. The monoisotopic (exact) mass is 265 g/mol. The van der Waals surface area contributed by atoms with E-state index in [9.17, 15) is 9.18 Å². The molecule has 1 fully saturated rings. The molecule has 0 saturated carbocycles. The van der Waals surface area contributed by atoms with Crippen LogP contribution < -0.4 is 0 Å². The number of benzene rings is 1. The molecule has 1 saturated heterocycles. The zero-order valence-corrected chi connectivity index (χ0v) is 11.0. The summed E-state index contributed by atoms with van der Waals surface area (Å²) in [6.07, 6.45) is 3.04. The number of rotatable bonds is 5. The fraction of sp³-hybridized carbons (Fsp3) is 0.533. The number of carbonyl (C=O) groups is 1. The van der Waals surface area contributed by atoms with Gasteiger partial charge in [0.1, 0.15) is 5.82 Å². The van der Waals surface area contributed by atoms with Crippen molar-refractivity contribution >= 4 is 5.97 Å². The van der Waals surface area contributed by atoms with Crippen molar-refractivity contribution < 1.29 is 14.3 Å². The number of carboxylic acid groups (broad SMARTS) is 1. The number of carboxylic acids is 1. The third-order valence-corrected chi connectivity index (χ3v) is 3.82. The van der Waals surface area contributed by atoms with Crippen molar-refractivity contribution in [3.8, 4) is 0 Å². The van der Waals surface area contributed by atoms with Crippen LogP contribution in [-0.2, 0) is 11.2 Å². The van der Waals surface area contributed by atoms with Crippen LogP contribution in [0.25, 0.3) is 0 Å². The van der Waals surface area contributed by atoms with E-state index >= 15 is 0 Å². The van der Waals surface area contributed by atoms with Gasteiger partial charge in [-0.15, -0.1) is 0 Å².